The molecule has 1 saturated heterocycles. The Labute approximate surface area is 112 Å². The standard InChI is InChI=1S/C14H17ClFNO/c1-10(18)14-4-2-3-7-17(14)9-11-5-6-12(16)8-13(11)15/h5-6,8,14H,2-4,7,9H2,1H3. The van der Waals surface area contributed by atoms with Crippen molar-refractivity contribution >= 4 is 17.4 Å². The first-order valence-electron chi connectivity index (χ1n) is 6.26. The molecule has 0 aromatic heterocycles. The van der Waals surface area contributed by atoms with Gasteiger partial charge in [0.2, 0.25) is 0 Å². The predicted octanol–water partition coefficient (Wildman–Crippen LogP) is 3.42. The van der Waals surface area contributed by atoms with Gasteiger partial charge in [0.1, 0.15) is 11.6 Å². The minimum Gasteiger partial charge on any atom is -0.298 e. The quantitative estimate of drug-likeness (QED) is 0.838. The summed E-state index contributed by atoms with van der Waals surface area (Å²) in [6, 6.07) is 4.42. The molecule has 1 aromatic rings. The Bertz CT molecular complexity index is 449. The van der Waals surface area contributed by atoms with Gasteiger partial charge in [-0.15, -0.1) is 0 Å². The number of hydrogen-bond donors (Lipinski definition) is 0. The van der Waals surface area contributed by atoms with Crippen LogP contribution in [0.2, 0.25) is 5.02 Å². The molecule has 2 rings (SSSR count). The van der Waals surface area contributed by atoms with E-state index >= 15 is 0 Å². The number of Topliss-reactive ketones (excluding diaryl/α,β-unsaturated/α-hetero) is 1. The van der Waals surface area contributed by atoms with E-state index in [1.165, 1.54) is 12.1 Å². The zero-order valence-corrected chi connectivity index (χ0v) is 11.2. The fourth-order valence-electron chi connectivity index (χ4n) is 2.51. The number of carbonyl (C=O) groups is 1. The molecule has 1 atom stereocenters. The third kappa shape index (κ3) is 3.09. The molecule has 1 fully saturated rings. The highest BCUT2D eigenvalue weighted by Gasteiger charge is 2.26. The molecule has 0 amide bonds. The van der Waals surface area contributed by atoms with Gasteiger partial charge >= 0.3 is 0 Å². The summed E-state index contributed by atoms with van der Waals surface area (Å²) in [5.41, 5.74) is 0.881. The molecule has 1 heterocycles. The molecule has 1 aliphatic rings. The van der Waals surface area contributed by atoms with Gasteiger partial charge in [-0.25, -0.2) is 4.39 Å². The fourth-order valence-corrected chi connectivity index (χ4v) is 2.74. The largest absolute Gasteiger partial charge is 0.298 e. The van der Waals surface area contributed by atoms with Gasteiger partial charge in [-0.05, 0) is 44.0 Å². The van der Waals surface area contributed by atoms with Crippen LogP contribution in [0.25, 0.3) is 0 Å². The van der Waals surface area contributed by atoms with Crippen molar-refractivity contribution in [3.63, 3.8) is 0 Å². The lowest BCUT2D eigenvalue weighted by molar-refractivity contribution is -0.123. The van der Waals surface area contributed by atoms with Gasteiger partial charge in [0, 0.05) is 11.6 Å². The molecule has 98 valence electrons. The maximum absolute atomic E-state index is 13.0. The van der Waals surface area contributed by atoms with Crippen LogP contribution >= 0.6 is 11.6 Å². The maximum Gasteiger partial charge on any atom is 0.146 e. The van der Waals surface area contributed by atoms with Crippen LogP contribution in [0.5, 0.6) is 0 Å². The van der Waals surface area contributed by atoms with Gasteiger partial charge in [-0.1, -0.05) is 24.1 Å². The lowest BCUT2D eigenvalue weighted by Crippen LogP contribution is -2.43. The lowest BCUT2D eigenvalue weighted by atomic mass is 9.98. The highest BCUT2D eigenvalue weighted by molar-refractivity contribution is 6.31. The van der Waals surface area contributed by atoms with E-state index in [9.17, 15) is 9.18 Å². The second kappa shape index (κ2) is 5.81. The van der Waals surface area contributed by atoms with Crippen LogP contribution in [0, 0.1) is 5.82 Å². The summed E-state index contributed by atoms with van der Waals surface area (Å²) < 4.78 is 13.0. The molecule has 1 aromatic carbocycles. The van der Waals surface area contributed by atoms with Crippen molar-refractivity contribution in [1.29, 1.82) is 0 Å². The molecular weight excluding hydrogens is 253 g/mol. The van der Waals surface area contributed by atoms with Crippen LogP contribution in [0.4, 0.5) is 4.39 Å². The minimum absolute atomic E-state index is 0.0140. The molecule has 0 radical (unpaired) electrons. The zero-order chi connectivity index (χ0) is 13.1. The van der Waals surface area contributed by atoms with Crippen LogP contribution < -0.4 is 0 Å². The Morgan fingerprint density at radius 3 is 2.94 bits per heavy atom. The Balaban J connectivity index is 2.13. The number of hydrogen-bond acceptors (Lipinski definition) is 2. The van der Waals surface area contributed by atoms with E-state index in [2.05, 4.69) is 4.90 Å². The number of rotatable bonds is 3. The Morgan fingerprint density at radius 1 is 1.50 bits per heavy atom. The van der Waals surface area contributed by atoms with Gasteiger partial charge < -0.3 is 0 Å². The summed E-state index contributed by atoms with van der Waals surface area (Å²) in [6.07, 6.45) is 3.11. The van der Waals surface area contributed by atoms with Crippen molar-refractivity contribution in [3.8, 4) is 0 Å². The van der Waals surface area contributed by atoms with Crippen molar-refractivity contribution < 1.29 is 9.18 Å². The highest BCUT2D eigenvalue weighted by Crippen LogP contribution is 2.24. The van der Waals surface area contributed by atoms with Gasteiger partial charge in [0.25, 0.3) is 0 Å². The molecule has 2 nitrogen and oxygen atoms in total. The van der Waals surface area contributed by atoms with Crippen LogP contribution in [0.15, 0.2) is 18.2 Å². The van der Waals surface area contributed by atoms with E-state index in [0.29, 0.717) is 11.6 Å². The smallest absolute Gasteiger partial charge is 0.146 e. The number of halogens is 2. The van der Waals surface area contributed by atoms with E-state index in [4.69, 9.17) is 11.6 Å². The van der Waals surface area contributed by atoms with Crippen LogP contribution in [0.3, 0.4) is 0 Å². The topological polar surface area (TPSA) is 20.3 Å². The second-order valence-electron chi connectivity index (χ2n) is 4.83. The molecule has 1 aliphatic heterocycles. The number of carbonyl (C=O) groups excluding carboxylic acids is 1. The average molecular weight is 270 g/mol. The van der Waals surface area contributed by atoms with Crippen molar-refractivity contribution in [2.45, 2.75) is 38.8 Å². The SMILES string of the molecule is CC(=O)C1CCCCN1Cc1ccc(F)cc1Cl. The van der Waals surface area contributed by atoms with E-state index in [0.717, 1.165) is 31.4 Å². The van der Waals surface area contributed by atoms with Crippen molar-refractivity contribution in [2.24, 2.45) is 0 Å². The molecule has 1 unspecified atom stereocenters. The van der Waals surface area contributed by atoms with Crippen LogP contribution in [0.1, 0.15) is 31.7 Å². The predicted molar refractivity (Wildman–Crippen MR) is 70.1 cm³/mol. The molecule has 0 N–H and O–H groups in total. The van der Waals surface area contributed by atoms with Gasteiger partial charge in [-0.2, -0.15) is 0 Å². The van der Waals surface area contributed by atoms with Crippen molar-refractivity contribution in [2.75, 3.05) is 6.54 Å². The average Bonchev–Trinajstić information content (AvgIpc) is 2.33. The maximum atomic E-state index is 13.0. The first kappa shape index (κ1) is 13.5. The van der Waals surface area contributed by atoms with Gasteiger partial charge in [-0.3, -0.25) is 9.69 Å². The summed E-state index contributed by atoms with van der Waals surface area (Å²) in [5.74, 6) is -0.126. The number of nitrogens with zero attached hydrogens (tertiary/aromatic N) is 1. The highest BCUT2D eigenvalue weighted by atomic mass is 35.5. The lowest BCUT2D eigenvalue weighted by Gasteiger charge is -2.34. The van der Waals surface area contributed by atoms with E-state index < -0.39 is 0 Å². The molecule has 18 heavy (non-hydrogen) atoms. The Morgan fingerprint density at radius 2 is 2.28 bits per heavy atom. The van der Waals surface area contributed by atoms with Crippen LogP contribution in [-0.2, 0) is 11.3 Å². The summed E-state index contributed by atoms with van der Waals surface area (Å²) in [7, 11) is 0. The molecule has 0 aliphatic carbocycles. The first-order valence-corrected chi connectivity index (χ1v) is 6.64. The molecular formula is C14H17ClFNO. The third-order valence-electron chi connectivity index (χ3n) is 3.47. The fraction of sp³-hybridized carbons (Fsp3) is 0.500. The van der Waals surface area contributed by atoms with Gasteiger partial charge in [0.05, 0.1) is 6.04 Å². The second-order valence-corrected chi connectivity index (χ2v) is 5.24. The Kier molecular flexibility index (Phi) is 4.36. The number of benzene rings is 1. The normalized spacial score (nSPS) is 20.9. The Hall–Kier alpha value is -0.930. The molecule has 0 spiro atoms. The van der Waals surface area contributed by atoms with E-state index in [-0.39, 0.29) is 17.6 Å². The third-order valence-corrected chi connectivity index (χ3v) is 3.82. The number of likely N-dealkylation sites (tertiary alicyclic amines) is 1. The molecule has 0 bridgehead atoms. The molecule has 0 saturated carbocycles. The summed E-state index contributed by atoms with van der Waals surface area (Å²) >= 11 is 6.02. The van der Waals surface area contributed by atoms with Crippen LogP contribution in [-0.4, -0.2) is 23.3 Å². The van der Waals surface area contributed by atoms with E-state index in [1.807, 2.05) is 0 Å². The first-order chi connectivity index (χ1) is 8.58. The zero-order valence-electron chi connectivity index (χ0n) is 10.5. The summed E-state index contributed by atoms with van der Waals surface area (Å²) in [6.45, 7) is 3.15. The molecule has 4 heteroatoms. The summed E-state index contributed by atoms with van der Waals surface area (Å²) in [5, 5.41) is 0.433. The number of piperidine rings is 1. The van der Waals surface area contributed by atoms with E-state index in [1.54, 1.807) is 13.0 Å². The monoisotopic (exact) mass is 269 g/mol. The van der Waals surface area contributed by atoms with Crippen molar-refractivity contribution in [3.05, 3.63) is 34.6 Å². The van der Waals surface area contributed by atoms with Crippen molar-refractivity contribution in [1.82, 2.24) is 4.90 Å². The van der Waals surface area contributed by atoms with Gasteiger partial charge in [0.15, 0.2) is 0 Å². The minimum atomic E-state index is -0.328. The summed E-state index contributed by atoms with van der Waals surface area (Å²) in [4.78, 5) is 13.7. The number of ketones is 1.